The first-order valence-electron chi connectivity index (χ1n) is 8.03. The van der Waals surface area contributed by atoms with E-state index in [4.69, 9.17) is 0 Å². The molecule has 1 aromatic rings. The van der Waals surface area contributed by atoms with Crippen LogP contribution >= 0.6 is 11.3 Å². The molecule has 35 heavy (non-hydrogen) atoms. The molecular weight excluding hydrogens is 569 g/mol. The quantitative estimate of drug-likeness (QED) is 0.365. The summed E-state index contributed by atoms with van der Waals surface area (Å²) < 4.78 is 223. The zero-order chi connectivity index (χ0) is 28.3. The minimum Gasteiger partial charge on any atom is -0.295 e. The summed E-state index contributed by atoms with van der Waals surface area (Å²) in [5, 5.41) is 5.41. The third kappa shape index (κ3) is 4.23. The normalized spacial score (nSPS) is 15.4. The Hall–Kier alpha value is -2.16. The summed E-state index contributed by atoms with van der Waals surface area (Å²) in [6.07, 6.45) is -7.87. The molecule has 204 valence electrons. The van der Waals surface area contributed by atoms with Crippen molar-refractivity contribution in [2.75, 3.05) is 5.32 Å². The zero-order valence-electron chi connectivity index (χ0n) is 15.8. The largest absolute Gasteiger partial charge is 0.460 e. The minimum atomic E-state index is -8.76. The Bertz CT molecular complexity index is 938. The first-order chi connectivity index (χ1) is 15.2. The van der Waals surface area contributed by atoms with Crippen LogP contribution in [0.2, 0.25) is 0 Å². The highest BCUT2D eigenvalue weighted by atomic mass is 32.1. The van der Waals surface area contributed by atoms with Gasteiger partial charge in [-0.25, -0.2) is 0 Å². The topological polar surface area (TPSA) is 54.9 Å². The molecular formula is C13H6F17N3OS. The fourth-order valence-electron chi connectivity index (χ4n) is 1.93. The number of anilines is 1. The lowest BCUT2D eigenvalue weighted by Crippen LogP contribution is -2.75. The van der Waals surface area contributed by atoms with Crippen LogP contribution in [0, 0.1) is 0 Å². The van der Waals surface area contributed by atoms with Gasteiger partial charge in [0.15, 0.2) is 0 Å². The van der Waals surface area contributed by atoms with Gasteiger partial charge in [0.1, 0.15) is 5.01 Å². The number of nitrogens with zero attached hydrogens (tertiary/aromatic N) is 2. The van der Waals surface area contributed by atoms with Gasteiger partial charge in [0.25, 0.3) is 0 Å². The van der Waals surface area contributed by atoms with Crippen LogP contribution < -0.4 is 5.32 Å². The molecule has 0 aliphatic heterocycles. The molecule has 0 unspecified atom stereocenters. The molecule has 0 fully saturated rings. The van der Waals surface area contributed by atoms with Crippen molar-refractivity contribution >= 4 is 22.4 Å². The van der Waals surface area contributed by atoms with Crippen LogP contribution in [-0.4, -0.2) is 63.7 Å². The lowest BCUT2D eigenvalue weighted by molar-refractivity contribution is -0.459. The van der Waals surface area contributed by atoms with E-state index in [0.29, 0.717) is 5.32 Å². The molecule has 0 saturated carbocycles. The molecule has 22 heteroatoms. The maximum atomic E-state index is 13.7. The van der Waals surface area contributed by atoms with Crippen LogP contribution in [-0.2, 0) is 11.2 Å². The number of carbonyl (C=O) groups is 1. The molecule has 0 aliphatic carbocycles. The van der Waals surface area contributed by atoms with Gasteiger partial charge in [-0.3, -0.25) is 10.1 Å². The Morgan fingerprint density at radius 3 is 1.37 bits per heavy atom. The second kappa shape index (κ2) is 8.46. The van der Waals surface area contributed by atoms with Gasteiger partial charge in [-0.1, -0.05) is 18.3 Å². The summed E-state index contributed by atoms with van der Waals surface area (Å²) in [7, 11) is 0. The third-order valence-electron chi connectivity index (χ3n) is 4.00. The van der Waals surface area contributed by atoms with Crippen molar-refractivity contribution < 1.29 is 79.4 Å². The van der Waals surface area contributed by atoms with Crippen molar-refractivity contribution in [3.63, 3.8) is 0 Å². The number of halogens is 17. The summed E-state index contributed by atoms with van der Waals surface area (Å²) in [6, 6.07) is 0. The van der Waals surface area contributed by atoms with Crippen LogP contribution in [0.15, 0.2) is 0 Å². The van der Waals surface area contributed by atoms with E-state index in [0.717, 1.165) is 0 Å². The lowest BCUT2D eigenvalue weighted by Gasteiger charge is -2.42. The monoisotopic (exact) mass is 575 g/mol. The molecule has 1 N–H and O–H groups in total. The number of hydrogen-bond donors (Lipinski definition) is 1. The van der Waals surface area contributed by atoms with Crippen LogP contribution in [0.5, 0.6) is 0 Å². The van der Waals surface area contributed by atoms with Crippen LogP contribution in [0.4, 0.5) is 79.8 Å². The van der Waals surface area contributed by atoms with Gasteiger partial charge in [-0.05, 0) is 6.42 Å². The Labute approximate surface area is 184 Å². The Balaban J connectivity index is 3.54. The molecule has 1 amide bonds. The Kier molecular flexibility index (Phi) is 7.46. The van der Waals surface area contributed by atoms with E-state index >= 15 is 0 Å². The first-order valence-corrected chi connectivity index (χ1v) is 8.85. The minimum absolute atomic E-state index is 0.0315. The highest BCUT2D eigenvalue weighted by Gasteiger charge is 2.95. The molecule has 1 rings (SSSR count). The summed E-state index contributed by atoms with van der Waals surface area (Å²) in [6.45, 7) is 1.34. The molecule has 0 bridgehead atoms. The van der Waals surface area contributed by atoms with E-state index in [2.05, 4.69) is 10.2 Å². The van der Waals surface area contributed by atoms with Gasteiger partial charge >= 0.3 is 53.5 Å². The molecule has 0 atom stereocenters. The highest BCUT2D eigenvalue weighted by molar-refractivity contribution is 7.15. The van der Waals surface area contributed by atoms with E-state index < -0.39 is 58.7 Å². The molecule has 0 spiro atoms. The Morgan fingerprint density at radius 1 is 0.657 bits per heavy atom. The predicted molar refractivity (Wildman–Crippen MR) is 78.6 cm³/mol. The maximum absolute atomic E-state index is 13.7. The number of hydrogen-bond acceptors (Lipinski definition) is 4. The summed E-state index contributed by atoms with van der Waals surface area (Å²) >= 11 is 0.137. The fourth-order valence-corrected chi connectivity index (χ4v) is 2.60. The van der Waals surface area contributed by atoms with E-state index in [-0.39, 0.29) is 22.8 Å². The van der Waals surface area contributed by atoms with Crippen molar-refractivity contribution in [2.45, 2.75) is 61.0 Å². The molecule has 1 heterocycles. The van der Waals surface area contributed by atoms with Gasteiger partial charge in [0.2, 0.25) is 5.13 Å². The van der Waals surface area contributed by atoms with Gasteiger partial charge in [-0.2, -0.15) is 74.6 Å². The number of amides is 1. The van der Waals surface area contributed by atoms with E-state index in [1.165, 1.54) is 6.92 Å². The predicted octanol–water partition coefficient (Wildman–Crippen LogP) is 6.05. The van der Waals surface area contributed by atoms with Gasteiger partial charge in [0, 0.05) is 0 Å². The summed E-state index contributed by atoms with van der Waals surface area (Å²) in [5.41, 5.74) is 0. The average Bonchev–Trinajstić information content (AvgIpc) is 3.13. The third-order valence-corrected chi connectivity index (χ3v) is 4.98. The fraction of sp³-hybridized carbons (Fsp3) is 0.769. The zero-order valence-corrected chi connectivity index (χ0v) is 16.7. The van der Waals surface area contributed by atoms with Crippen molar-refractivity contribution in [1.82, 2.24) is 10.2 Å². The standard InChI is InChI=1S/C13H6F17N3OS/c1-2-3-32-33-5(35-3)31-4(34)6(14,15)7(16,17)8(18,19)9(20,21)10(22,23)11(24,25)12(26,27)13(28,29)30/h2H2,1H3,(H,31,33,34). The van der Waals surface area contributed by atoms with Crippen molar-refractivity contribution in [3.05, 3.63) is 5.01 Å². The lowest BCUT2D eigenvalue weighted by atomic mass is 9.89. The molecule has 1 aromatic heterocycles. The second-order valence-electron chi connectivity index (χ2n) is 6.33. The average molecular weight is 575 g/mol. The second-order valence-corrected chi connectivity index (χ2v) is 7.39. The Morgan fingerprint density at radius 2 is 1.03 bits per heavy atom. The van der Waals surface area contributed by atoms with Crippen LogP contribution in [0.1, 0.15) is 11.9 Å². The van der Waals surface area contributed by atoms with Crippen molar-refractivity contribution in [3.8, 4) is 0 Å². The molecule has 0 aromatic carbocycles. The summed E-state index contributed by atoms with van der Waals surface area (Å²) in [4.78, 5) is 11.3. The van der Waals surface area contributed by atoms with Gasteiger partial charge in [-0.15, -0.1) is 10.2 Å². The van der Waals surface area contributed by atoms with Gasteiger partial charge in [0.05, 0.1) is 0 Å². The van der Waals surface area contributed by atoms with Crippen molar-refractivity contribution in [1.29, 1.82) is 0 Å². The number of aryl methyl sites for hydroxylation is 1. The van der Waals surface area contributed by atoms with Crippen molar-refractivity contribution in [2.24, 2.45) is 0 Å². The number of nitrogens with one attached hydrogen (secondary N) is 1. The van der Waals surface area contributed by atoms with Crippen LogP contribution in [0.25, 0.3) is 0 Å². The number of alkyl halides is 17. The molecule has 4 nitrogen and oxygen atoms in total. The highest BCUT2D eigenvalue weighted by Crippen LogP contribution is 2.64. The van der Waals surface area contributed by atoms with E-state index in [1.54, 1.807) is 0 Å². The van der Waals surface area contributed by atoms with Gasteiger partial charge < -0.3 is 0 Å². The SMILES string of the molecule is CCc1nnc(NC(=O)C(F)(F)C(F)(F)C(F)(F)C(F)(F)C(F)(F)C(F)(F)C(F)(F)C(F)(F)F)s1. The summed E-state index contributed by atoms with van der Waals surface area (Å²) in [5.74, 6) is -61.9. The molecule has 0 aliphatic rings. The maximum Gasteiger partial charge on any atom is 0.460 e. The number of carbonyl (C=O) groups excluding carboxylic acids is 1. The molecule has 0 radical (unpaired) electrons. The van der Waals surface area contributed by atoms with Crippen LogP contribution in [0.3, 0.4) is 0 Å². The van der Waals surface area contributed by atoms with E-state index in [1.807, 2.05) is 0 Å². The molecule has 0 saturated heterocycles. The number of aromatic nitrogens is 2. The van der Waals surface area contributed by atoms with E-state index in [9.17, 15) is 79.4 Å². The number of rotatable bonds is 9. The smallest absolute Gasteiger partial charge is 0.295 e. The first kappa shape index (κ1) is 30.9.